The van der Waals surface area contributed by atoms with Crippen molar-refractivity contribution in [3.63, 3.8) is 0 Å². The molecule has 116 valence electrons. The number of hydrogen-bond donors (Lipinski definition) is 2. The number of aromatic nitrogens is 2. The molecule has 3 rings (SSSR count). The van der Waals surface area contributed by atoms with Crippen molar-refractivity contribution in [2.24, 2.45) is 0 Å². The van der Waals surface area contributed by atoms with E-state index in [1.807, 2.05) is 18.2 Å². The molecular formula is C15H10Cl2N4OS. The van der Waals surface area contributed by atoms with Crippen LogP contribution in [0.1, 0.15) is 10.5 Å². The van der Waals surface area contributed by atoms with Crippen molar-refractivity contribution in [2.75, 3.05) is 10.6 Å². The lowest BCUT2D eigenvalue weighted by molar-refractivity contribution is 0.102. The minimum absolute atomic E-state index is 0.305. The number of thiazole rings is 1. The molecule has 3 aromatic rings. The van der Waals surface area contributed by atoms with E-state index in [1.54, 1.807) is 29.8 Å². The van der Waals surface area contributed by atoms with Crippen molar-refractivity contribution in [3.8, 4) is 0 Å². The number of pyridine rings is 1. The summed E-state index contributed by atoms with van der Waals surface area (Å²) in [6, 6.07) is 10.4. The number of carbonyl (C=O) groups excluding carboxylic acids is 1. The van der Waals surface area contributed by atoms with Crippen LogP contribution in [0.5, 0.6) is 0 Å². The Kier molecular flexibility index (Phi) is 4.76. The maximum atomic E-state index is 12.2. The van der Waals surface area contributed by atoms with E-state index >= 15 is 0 Å². The molecule has 0 atom stereocenters. The highest BCUT2D eigenvalue weighted by atomic mass is 35.5. The highest BCUT2D eigenvalue weighted by Gasteiger charge is 2.12. The number of anilines is 3. The summed E-state index contributed by atoms with van der Waals surface area (Å²) in [6.07, 6.45) is 1.67. The summed E-state index contributed by atoms with van der Waals surface area (Å²) < 4.78 is 0. The number of halogens is 2. The standard InChI is InChI=1S/C15H10Cl2N4OS/c16-10-5-4-9(7-11(10)17)19-14(22)12-8-23-15(20-12)21-13-3-1-2-6-18-13/h1-8H,(H,19,22)(H,18,20,21). The predicted molar refractivity (Wildman–Crippen MR) is 94.0 cm³/mol. The van der Waals surface area contributed by atoms with Crippen molar-refractivity contribution < 1.29 is 4.79 Å². The Morgan fingerprint density at radius 3 is 2.74 bits per heavy atom. The molecule has 0 spiro atoms. The Bertz CT molecular complexity index is 839. The van der Waals surface area contributed by atoms with Crippen LogP contribution in [-0.4, -0.2) is 15.9 Å². The molecule has 0 fully saturated rings. The monoisotopic (exact) mass is 364 g/mol. The molecule has 5 nitrogen and oxygen atoms in total. The van der Waals surface area contributed by atoms with Crippen molar-refractivity contribution in [1.29, 1.82) is 0 Å². The fraction of sp³-hybridized carbons (Fsp3) is 0. The van der Waals surface area contributed by atoms with Gasteiger partial charge in [-0.25, -0.2) is 9.97 Å². The fourth-order valence-electron chi connectivity index (χ4n) is 1.75. The van der Waals surface area contributed by atoms with Gasteiger partial charge in [-0.05, 0) is 30.3 Å². The van der Waals surface area contributed by atoms with Gasteiger partial charge >= 0.3 is 0 Å². The first-order valence-corrected chi connectivity index (χ1v) is 8.15. The van der Waals surface area contributed by atoms with Crippen LogP contribution in [0.4, 0.5) is 16.6 Å². The molecule has 0 aliphatic carbocycles. The molecule has 8 heteroatoms. The molecule has 1 amide bonds. The van der Waals surface area contributed by atoms with Crippen LogP contribution in [0.2, 0.25) is 10.0 Å². The molecule has 0 saturated heterocycles. The Labute approximate surface area is 146 Å². The average Bonchev–Trinajstić information content (AvgIpc) is 3.00. The van der Waals surface area contributed by atoms with E-state index in [0.29, 0.717) is 32.4 Å². The van der Waals surface area contributed by atoms with Crippen LogP contribution in [0.3, 0.4) is 0 Å². The van der Waals surface area contributed by atoms with E-state index in [2.05, 4.69) is 20.6 Å². The number of rotatable bonds is 4. The van der Waals surface area contributed by atoms with E-state index in [0.717, 1.165) is 0 Å². The van der Waals surface area contributed by atoms with Crippen molar-refractivity contribution >= 4 is 57.1 Å². The van der Waals surface area contributed by atoms with Crippen LogP contribution in [-0.2, 0) is 0 Å². The van der Waals surface area contributed by atoms with Gasteiger partial charge in [-0.15, -0.1) is 11.3 Å². The van der Waals surface area contributed by atoms with Gasteiger partial charge < -0.3 is 10.6 Å². The van der Waals surface area contributed by atoms with E-state index in [4.69, 9.17) is 23.2 Å². The van der Waals surface area contributed by atoms with Gasteiger partial charge in [0, 0.05) is 17.3 Å². The second kappa shape index (κ2) is 6.95. The lowest BCUT2D eigenvalue weighted by atomic mass is 10.3. The second-order valence-electron chi connectivity index (χ2n) is 4.46. The Morgan fingerprint density at radius 2 is 2.00 bits per heavy atom. The maximum absolute atomic E-state index is 12.2. The van der Waals surface area contributed by atoms with Crippen LogP contribution in [0.15, 0.2) is 48.0 Å². The topological polar surface area (TPSA) is 66.9 Å². The zero-order valence-electron chi connectivity index (χ0n) is 11.6. The summed E-state index contributed by atoms with van der Waals surface area (Å²) in [5, 5.41) is 8.82. The number of nitrogens with one attached hydrogen (secondary N) is 2. The second-order valence-corrected chi connectivity index (χ2v) is 6.13. The normalized spacial score (nSPS) is 10.3. The molecule has 2 heterocycles. The first-order valence-electron chi connectivity index (χ1n) is 6.52. The van der Waals surface area contributed by atoms with Crippen LogP contribution in [0.25, 0.3) is 0 Å². The Balaban J connectivity index is 1.69. The molecule has 0 bridgehead atoms. The number of hydrogen-bond acceptors (Lipinski definition) is 5. The summed E-state index contributed by atoms with van der Waals surface area (Å²) in [5.74, 6) is 0.340. The SMILES string of the molecule is O=C(Nc1ccc(Cl)c(Cl)c1)c1csc(Nc2ccccn2)n1. The fourth-order valence-corrected chi connectivity index (χ4v) is 2.75. The van der Waals surface area contributed by atoms with Gasteiger partial charge in [0.15, 0.2) is 5.13 Å². The highest BCUT2D eigenvalue weighted by molar-refractivity contribution is 7.14. The predicted octanol–water partition coefficient (Wildman–Crippen LogP) is 4.84. The first kappa shape index (κ1) is 15.7. The summed E-state index contributed by atoms with van der Waals surface area (Å²) in [7, 11) is 0. The van der Waals surface area contributed by atoms with E-state index < -0.39 is 0 Å². The van der Waals surface area contributed by atoms with E-state index in [1.165, 1.54) is 11.3 Å². The van der Waals surface area contributed by atoms with Crippen LogP contribution < -0.4 is 10.6 Å². The molecule has 2 N–H and O–H groups in total. The largest absolute Gasteiger partial charge is 0.321 e. The quantitative estimate of drug-likeness (QED) is 0.694. The van der Waals surface area contributed by atoms with Gasteiger partial charge in [0.05, 0.1) is 10.0 Å². The van der Waals surface area contributed by atoms with Gasteiger partial charge in [-0.3, -0.25) is 4.79 Å². The van der Waals surface area contributed by atoms with Crippen LogP contribution in [0, 0.1) is 0 Å². The summed E-state index contributed by atoms with van der Waals surface area (Å²) >= 11 is 13.1. The van der Waals surface area contributed by atoms with E-state index in [9.17, 15) is 4.79 Å². The van der Waals surface area contributed by atoms with Crippen molar-refractivity contribution in [1.82, 2.24) is 9.97 Å². The van der Waals surface area contributed by atoms with E-state index in [-0.39, 0.29) is 5.91 Å². The molecule has 2 aromatic heterocycles. The maximum Gasteiger partial charge on any atom is 0.275 e. The van der Waals surface area contributed by atoms with Gasteiger partial charge in [0.2, 0.25) is 0 Å². The molecule has 0 aliphatic rings. The summed E-state index contributed by atoms with van der Waals surface area (Å²) in [4.78, 5) is 20.6. The van der Waals surface area contributed by atoms with Crippen molar-refractivity contribution in [3.05, 3.63) is 63.7 Å². The van der Waals surface area contributed by atoms with Gasteiger partial charge in [-0.1, -0.05) is 29.3 Å². The number of amides is 1. The molecule has 0 aliphatic heterocycles. The minimum Gasteiger partial charge on any atom is -0.321 e. The highest BCUT2D eigenvalue weighted by Crippen LogP contribution is 2.26. The smallest absolute Gasteiger partial charge is 0.275 e. The summed E-state index contributed by atoms with van der Waals surface area (Å²) in [6.45, 7) is 0. The molecule has 0 saturated carbocycles. The number of nitrogens with zero attached hydrogens (tertiary/aromatic N) is 2. The molecule has 0 unspecified atom stereocenters. The van der Waals surface area contributed by atoms with Gasteiger partial charge in [-0.2, -0.15) is 0 Å². The lowest BCUT2D eigenvalue weighted by Crippen LogP contribution is -2.12. The minimum atomic E-state index is -0.325. The lowest BCUT2D eigenvalue weighted by Gasteiger charge is -2.04. The Morgan fingerprint density at radius 1 is 1.13 bits per heavy atom. The van der Waals surface area contributed by atoms with Crippen molar-refractivity contribution in [2.45, 2.75) is 0 Å². The molecule has 23 heavy (non-hydrogen) atoms. The molecule has 0 radical (unpaired) electrons. The molecular weight excluding hydrogens is 355 g/mol. The Hall–Kier alpha value is -2.15. The third kappa shape index (κ3) is 3.98. The van der Waals surface area contributed by atoms with Crippen LogP contribution >= 0.6 is 34.5 Å². The van der Waals surface area contributed by atoms with Gasteiger partial charge in [0.25, 0.3) is 5.91 Å². The first-order chi connectivity index (χ1) is 11.1. The number of carbonyl (C=O) groups is 1. The van der Waals surface area contributed by atoms with Gasteiger partial charge in [0.1, 0.15) is 11.5 Å². The third-order valence-electron chi connectivity index (χ3n) is 2.81. The molecule has 1 aromatic carbocycles. The zero-order valence-corrected chi connectivity index (χ0v) is 13.9. The zero-order chi connectivity index (χ0) is 16.2. The third-order valence-corrected chi connectivity index (χ3v) is 4.31. The summed E-state index contributed by atoms with van der Waals surface area (Å²) in [5.41, 5.74) is 0.858. The number of benzene rings is 1. The average molecular weight is 365 g/mol.